The minimum atomic E-state index is -0.00780. The van der Waals surface area contributed by atoms with E-state index >= 15 is 0 Å². The Balaban J connectivity index is 1.22. The van der Waals surface area contributed by atoms with Crippen LogP contribution in [0.1, 0.15) is 56.9 Å². The number of amides is 2. The number of nitrogens with one attached hydrogen (secondary N) is 2. The van der Waals surface area contributed by atoms with Gasteiger partial charge in [-0.1, -0.05) is 55.4 Å². The zero-order valence-electron chi connectivity index (χ0n) is 19.2. The predicted molar refractivity (Wildman–Crippen MR) is 132 cm³/mol. The lowest BCUT2D eigenvalue weighted by molar-refractivity contribution is -0.134. The summed E-state index contributed by atoms with van der Waals surface area (Å²) in [5.74, 6) is 1.17. The Morgan fingerprint density at radius 2 is 1.88 bits per heavy atom. The molecule has 176 valence electrons. The zero-order valence-corrected chi connectivity index (χ0v) is 20.0. The van der Waals surface area contributed by atoms with Crippen LogP contribution < -0.4 is 10.6 Å². The van der Waals surface area contributed by atoms with Crippen LogP contribution in [-0.4, -0.2) is 52.4 Å². The van der Waals surface area contributed by atoms with Crippen LogP contribution in [0.3, 0.4) is 0 Å². The van der Waals surface area contributed by atoms with Crippen molar-refractivity contribution in [2.45, 2.75) is 64.1 Å². The molecule has 2 amide bonds. The number of carbonyl (C=O) groups is 2. The van der Waals surface area contributed by atoms with E-state index in [1.165, 1.54) is 44.1 Å². The first-order valence-electron chi connectivity index (χ1n) is 12.5. The van der Waals surface area contributed by atoms with Crippen LogP contribution in [0.15, 0.2) is 41.6 Å². The minimum absolute atomic E-state index is 0.00780. The maximum Gasteiger partial charge on any atom is 0.260 e. The normalized spacial score (nSPS) is 23.7. The molecule has 2 saturated carbocycles. The molecule has 1 aromatic rings. The fourth-order valence-corrected chi connectivity index (χ4v) is 5.68. The van der Waals surface area contributed by atoms with E-state index in [1.807, 2.05) is 23.1 Å². The minimum Gasteiger partial charge on any atom is -0.367 e. The third kappa shape index (κ3) is 4.71. The van der Waals surface area contributed by atoms with E-state index in [1.54, 1.807) is 4.90 Å². The average molecular weight is 467 g/mol. The van der Waals surface area contributed by atoms with Crippen LogP contribution in [0.25, 0.3) is 0 Å². The van der Waals surface area contributed by atoms with Crippen LogP contribution in [0, 0.1) is 11.8 Å². The second kappa shape index (κ2) is 9.94. The van der Waals surface area contributed by atoms with Crippen LogP contribution in [0.2, 0.25) is 0 Å². The van der Waals surface area contributed by atoms with Gasteiger partial charge in [0.15, 0.2) is 0 Å². The SMILES string of the molecule is O=C(CCNCc1ccccc1)N1CCC2=C(C(=O)N(CC3CCC3)C(C3CCC3)N2)C1=S. The monoisotopic (exact) mass is 466 g/mol. The van der Waals surface area contributed by atoms with E-state index < -0.39 is 0 Å². The second-order valence-electron chi connectivity index (χ2n) is 9.90. The molecule has 5 rings (SSSR count). The topological polar surface area (TPSA) is 64.7 Å². The Hall–Kier alpha value is -2.25. The van der Waals surface area contributed by atoms with Crippen LogP contribution in [-0.2, 0) is 16.1 Å². The Morgan fingerprint density at radius 1 is 1.12 bits per heavy atom. The maximum absolute atomic E-state index is 13.7. The van der Waals surface area contributed by atoms with Crippen LogP contribution in [0.5, 0.6) is 0 Å². The second-order valence-corrected chi connectivity index (χ2v) is 10.3. The number of rotatable bonds is 8. The van der Waals surface area contributed by atoms with Gasteiger partial charge in [0, 0.05) is 44.7 Å². The van der Waals surface area contributed by atoms with Gasteiger partial charge in [-0.25, -0.2) is 0 Å². The molecule has 4 aliphatic rings. The molecule has 33 heavy (non-hydrogen) atoms. The summed E-state index contributed by atoms with van der Waals surface area (Å²) in [4.78, 5) is 30.8. The van der Waals surface area contributed by atoms with Gasteiger partial charge in [0.2, 0.25) is 5.91 Å². The Morgan fingerprint density at radius 3 is 2.55 bits per heavy atom. The van der Waals surface area contributed by atoms with Gasteiger partial charge in [0.1, 0.15) is 11.2 Å². The van der Waals surface area contributed by atoms with Crippen molar-refractivity contribution in [2.75, 3.05) is 19.6 Å². The van der Waals surface area contributed by atoms with Crippen molar-refractivity contribution in [2.24, 2.45) is 11.8 Å². The summed E-state index contributed by atoms with van der Waals surface area (Å²) in [6, 6.07) is 10.2. The van der Waals surface area contributed by atoms with E-state index in [4.69, 9.17) is 12.2 Å². The molecule has 0 aromatic heterocycles. The van der Waals surface area contributed by atoms with Gasteiger partial charge in [-0.15, -0.1) is 0 Å². The van der Waals surface area contributed by atoms with Crippen molar-refractivity contribution in [3.05, 3.63) is 47.2 Å². The summed E-state index contributed by atoms with van der Waals surface area (Å²) in [6.45, 7) is 2.68. The smallest absolute Gasteiger partial charge is 0.260 e. The van der Waals surface area contributed by atoms with E-state index in [9.17, 15) is 9.59 Å². The van der Waals surface area contributed by atoms with Crippen molar-refractivity contribution in [1.82, 2.24) is 20.4 Å². The molecule has 1 atom stereocenters. The highest BCUT2D eigenvalue weighted by Gasteiger charge is 2.44. The Labute approximate surface area is 201 Å². The molecule has 2 aliphatic heterocycles. The number of nitrogens with zero attached hydrogens (tertiary/aromatic N) is 2. The highest BCUT2D eigenvalue weighted by molar-refractivity contribution is 7.80. The van der Waals surface area contributed by atoms with Crippen molar-refractivity contribution < 1.29 is 9.59 Å². The standard InChI is InChI=1S/C26H34N4O2S/c31-22(12-14-27-16-18-6-2-1-3-7-18)29-15-13-21-23(26(29)33)25(32)30(17-19-8-4-9-19)24(28-21)20-10-5-11-20/h1-3,6-7,19-20,24,27-28H,4-5,8-17H2. The number of hydrogen-bond acceptors (Lipinski definition) is 5. The van der Waals surface area contributed by atoms with Crippen molar-refractivity contribution in [1.29, 1.82) is 0 Å². The molecule has 0 bridgehead atoms. The fraction of sp³-hybridized carbons (Fsp3) is 0.577. The first-order valence-corrected chi connectivity index (χ1v) is 12.9. The third-order valence-electron chi connectivity index (χ3n) is 7.74. The van der Waals surface area contributed by atoms with Gasteiger partial charge in [-0.3, -0.25) is 9.59 Å². The third-order valence-corrected chi connectivity index (χ3v) is 8.17. The Kier molecular flexibility index (Phi) is 6.79. The van der Waals surface area contributed by atoms with Gasteiger partial charge in [0.25, 0.3) is 5.91 Å². The maximum atomic E-state index is 13.7. The van der Waals surface area contributed by atoms with Crippen molar-refractivity contribution in [3.63, 3.8) is 0 Å². The number of carbonyl (C=O) groups excluding carboxylic acids is 2. The number of benzene rings is 1. The van der Waals surface area contributed by atoms with E-state index in [2.05, 4.69) is 22.8 Å². The van der Waals surface area contributed by atoms with Gasteiger partial charge in [-0.2, -0.15) is 0 Å². The van der Waals surface area contributed by atoms with Gasteiger partial charge >= 0.3 is 0 Å². The van der Waals surface area contributed by atoms with E-state index in [0.29, 0.717) is 48.3 Å². The lowest BCUT2D eigenvalue weighted by atomic mass is 9.79. The molecule has 1 unspecified atom stereocenters. The molecule has 0 saturated heterocycles. The number of thiocarbonyl (C=S) groups is 1. The lowest BCUT2D eigenvalue weighted by Crippen LogP contribution is -2.62. The molecule has 2 heterocycles. The first-order chi connectivity index (χ1) is 16.1. The molecule has 2 N–H and O–H groups in total. The summed E-state index contributed by atoms with van der Waals surface area (Å²) in [5, 5.41) is 7.03. The van der Waals surface area contributed by atoms with Crippen molar-refractivity contribution in [3.8, 4) is 0 Å². The van der Waals surface area contributed by atoms with Gasteiger partial charge < -0.3 is 20.4 Å². The summed E-state index contributed by atoms with van der Waals surface area (Å²) in [6.07, 6.45) is 8.42. The van der Waals surface area contributed by atoms with E-state index in [0.717, 1.165) is 18.8 Å². The highest BCUT2D eigenvalue weighted by atomic mass is 32.1. The Bertz CT molecular complexity index is 939. The molecule has 1 aromatic carbocycles. The summed E-state index contributed by atoms with van der Waals surface area (Å²) >= 11 is 5.73. The average Bonchev–Trinajstić information content (AvgIpc) is 2.74. The lowest BCUT2D eigenvalue weighted by Gasteiger charge is -2.49. The molecular formula is C26H34N4O2S. The molecule has 2 aliphatic carbocycles. The molecule has 2 fully saturated rings. The fourth-order valence-electron chi connectivity index (χ4n) is 5.28. The van der Waals surface area contributed by atoms with Gasteiger partial charge in [-0.05, 0) is 43.1 Å². The molecule has 0 radical (unpaired) electrons. The van der Waals surface area contributed by atoms with Crippen molar-refractivity contribution >= 4 is 29.0 Å². The first kappa shape index (κ1) is 22.5. The summed E-state index contributed by atoms with van der Waals surface area (Å²) in [7, 11) is 0. The molecule has 7 heteroatoms. The molecular weight excluding hydrogens is 432 g/mol. The largest absolute Gasteiger partial charge is 0.367 e. The summed E-state index contributed by atoms with van der Waals surface area (Å²) < 4.78 is 0. The number of hydrogen-bond donors (Lipinski definition) is 2. The van der Waals surface area contributed by atoms with Gasteiger partial charge in [0.05, 0.1) is 5.57 Å². The highest BCUT2D eigenvalue weighted by Crippen LogP contribution is 2.38. The predicted octanol–water partition coefficient (Wildman–Crippen LogP) is 3.34. The molecule has 0 spiro atoms. The summed E-state index contributed by atoms with van der Waals surface area (Å²) in [5.41, 5.74) is 2.72. The zero-order chi connectivity index (χ0) is 22.8. The molecule has 6 nitrogen and oxygen atoms in total. The van der Waals surface area contributed by atoms with Crippen LogP contribution >= 0.6 is 12.2 Å². The van der Waals surface area contributed by atoms with Crippen LogP contribution in [0.4, 0.5) is 0 Å². The quantitative estimate of drug-likeness (QED) is 0.455. The van der Waals surface area contributed by atoms with E-state index in [-0.39, 0.29) is 18.0 Å².